The minimum absolute atomic E-state index is 0.134. The maximum absolute atomic E-state index is 12.4. The van der Waals surface area contributed by atoms with E-state index < -0.39 is 18.0 Å². The normalized spacial score (nSPS) is 11.6. The first-order chi connectivity index (χ1) is 12.7. The van der Waals surface area contributed by atoms with Crippen LogP contribution >= 0.6 is 0 Å². The number of aryl methyl sites for hydroxylation is 1. The second-order valence-corrected chi connectivity index (χ2v) is 6.29. The largest absolute Gasteiger partial charge is 0.497 e. The minimum atomic E-state index is -0.973. The lowest BCUT2D eigenvalue weighted by molar-refractivity contribution is -0.129. The topological polar surface area (TPSA) is 97.5 Å². The van der Waals surface area contributed by atoms with Crippen LogP contribution in [0.25, 0.3) is 0 Å². The third-order valence-electron chi connectivity index (χ3n) is 4.27. The zero-order valence-electron chi connectivity index (χ0n) is 16.1. The van der Waals surface area contributed by atoms with E-state index in [0.29, 0.717) is 23.4 Å². The van der Waals surface area contributed by atoms with E-state index in [2.05, 4.69) is 10.3 Å². The number of carbonyl (C=O) groups is 3. The molecular weight excluding hydrogens is 348 g/mol. The Morgan fingerprint density at radius 2 is 1.78 bits per heavy atom. The number of ether oxygens (including phenoxy) is 2. The van der Waals surface area contributed by atoms with E-state index in [0.717, 1.165) is 11.3 Å². The fourth-order valence-corrected chi connectivity index (χ4v) is 2.83. The first kappa shape index (κ1) is 20.2. The number of aromatic amines is 1. The van der Waals surface area contributed by atoms with Crippen molar-refractivity contribution in [1.82, 2.24) is 10.3 Å². The van der Waals surface area contributed by atoms with E-state index in [-0.39, 0.29) is 11.5 Å². The molecule has 1 amide bonds. The highest BCUT2D eigenvalue weighted by Gasteiger charge is 2.24. The van der Waals surface area contributed by atoms with Gasteiger partial charge in [0.05, 0.1) is 7.11 Å². The smallest absolute Gasteiger partial charge is 0.355 e. The van der Waals surface area contributed by atoms with Crippen LogP contribution in [0.3, 0.4) is 0 Å². The fraction of sp³-hybridized carbons (Fsp3) is 0.350. The van der Waals surface area contributed by atoms with Crippen molar-refractivity contribution >= 4 is 17.7 Å². The molecule has 2 N–H and O–H groups in total. The monoisotopic (exact) mass is 372 g/mol. The lowest BCUT2D eigenvalue weighted by Crippen LogP contribution is -2.35. The van der Waals surface area contributed by atoms with Crippen LogP contribution in [-0.2, 0) is 16.1 Å². The highest BCUT2D eigenvalue weighted by molar-refractivity contribution is 6.01. The standard InChI is InChI=1S/C20H24N2O5/c1-11-17(13(3)23)12(2)22-18(11)20(25)27-14(4)19(24)21-10-15-6-8-16(26-5)9-7-15/h6-9,14,22H,10H2,1-5H3,(H,21,24)/t14-/m0/s1. The van der Waals surface area contributed by atoms with Gasteiger partial charge in [0, 0.05) is 17.8 Å². The summed E-state index contributed by atoms with van der Waals surface area (Å²) in [5.41, 5.74) is 2.68. The van der Waals surface area contributed by atoms with Gasteiger partial charge >= 0.3 is 5.97 Å². The second kappa shape index (κ2) is 8.53. The molecule has 1 aromatic carbocycles. The average Bonchev–Trinajstić information content (AvgIpc) is 2.94. The predicted octanol–water partition coefficient (Wildman–Crippen LogP) is 2.70. The summed E-state index contributed by atoms with van der Waals surface area (Å²) in [4.78, 5) is 39.1. The first-order valence-corrected chi connectivity index (χ1v) is 8.56. The molecule has 2 rings (SSSR count). The van der Waals surface area contributed by atoms with Gasteiger partial charge in [-0.25, -0.2) is 4.79 Å². The van der Waals surface area contributed by atoms with Crippen LogP contribution in [0, 0.1) is 13.8 Å². The molecule has 1 atom stereocenters. The van der Waals surface area contributed by atoms with Gasteiger partial charge in [-0.05, 0) is 51.0 Å². The second-order valence-electron chi connectivity index (χ2n) is 6.29. The first-order valence-electron chi connectivity index (χ1n) is 8.56. The predicted molar refractivity (Wildman–Crippen MR) is 100.0 cm³/mol. The molecule has 0 spiro atoms. The van der Waals surface area contributed by atoms with E-state index >= 15 is 0 Å². The molecule has 0 aliphatic rings. The van der Waals surface area contributed by atoms with Gasteiger partial charge in [0.15, 0.2) is 11.9 Å². The van der Waals surface area contributed by atoms with E-state index in [1.807, 2.05) is 12.1 Å². The summed E-state index contributed by atoms with van der Waals surface area (Å²) in [6.45, 7) is 6.63. The van der Waals surface area contributed by atoms with Crippen molar-refractivity contribution < 1.29 is 23.9 Å². The number of Topliss-reactive ketones (excluding diaryl/α,β-unsaturated/α-hetero) is 1. The lowest BCUT2D eigenvalue weighted by atomic mass is 10.1. The Kier molecular flexibility index (Phi) is 6.39. The number of nitrogens with one attached hydrogen (secondary N) is 2. The molecule has 7 nitrogen and oxygen atoms in total. The van der Waals surface area contributed by atoms with Gasteiger partial charge in [-0.15, -0.1) is 0 Å². The molecule has 0 saturated carbocycles. The number of hydrogen-bond acceptors (Lipinski definition) is 5. The molecule has 0 saturated heterocycles. The van der Waals surface area contributed by atoms with Gasteiger partial charge in [-0.2, -0.15) is 0 Å². The number of H-pyrrole nitrogens is 1. The molecule has 1 heterocycles. The van der Waals surface area contributed by atoms with Gasteiger partial charge in [-0.3, -0.25) is 9.59 Å². The number of aromatic nitrogens is 1. The van der Waals surface area contributed by atoms with Crippen molar-refractivity contribution in [3.63, 3.8) is 0 Å². The molecule has 0 radical (unpaired) electrons. The summed E-state index contributed by atoms with van der Waals surface area (Å²) in [6, 6.07) is 7.27. The SMILES string of the molecule is COc1ccc(CNC(=O)[C@H](C)OC(=O)c2[nH]c(C)c(C(C)=O)c2C)cc1. The third-order valence-corrected chi connectivity index (χ3v) is 4.27. The van der Waals surface area contributed by atoms with Gasteiger partial charge in [-0.1, -0.05) is 12.1 Å². The molecule has 2 aromatic rings. The zero-order chi connectivity index (χ0) is 20.1. The number of esters is 1. The van der Waals surface area contributed by atoms with Gasteiger partial charge < -0.3 is 19.8 Å². The molecule has 7 heteroatoms. The summed E-state index contributed by atoms with van der Waals surface area (Å²) >= 11 is 0. The molecule has 144 valence electrons. The van der Waals surface area contributed by atoms with Crippen LogP contribution in [0.4, 0.5) is 0 Å². The Labute approximate surface area is 158 Å². The number of ketones is 1. The number of benzene rings is 1. The minimum Gasteiger partial charge on any atom is -0.497 e. The quantitative estimate of drug-likeness (QED) is 0.575. The molecule has 0 aliphatic heterocycles. The Morgan fingerprint density at radius 3 is 2.30 bits per heavy atom. The van der Waals surface area contributed by atoms with Crippen LogP contribution < -0.4 is 10.1 Å². The van der Waals surface area contributed by atoms with E-state index in [9.17, 15) is 14.4 Å². The number of amides is 1. The van der Waals surface area contributed by atoms with E-state index in [4.69, 9.17) is 9.47 Å². The Morgan fingerprint density at radius 1 is 1.15 bits per heavy atom. The summed E-state index contributed by atoms with van der Waals surface area (Å²) in [5, 5.41) is 2.72. The summed E-state index contributed by atoms with van der Waals surface area (Å²) in [7, 11) is 1.58. The van der Waals surface area contributed by atoms with Crippen LogP contribution in [0.5, 0.6) is 5.75 Å². The molecule has 1 aromatic heterocycles. The van der Waals surface area contributed by atoms with Gasteiger partial charge in [0.2, 0.25) is 0 Å². The van der Waals surface area contributed by atoms with Crippen molar-refractivity contribution in [3.8, 4) is 5.75 Å². The van der Waals surface area contributed by atoms with Crippen LogP contribution in [-0.4, -0.2) is 35.9 Å². The van der Waals surface area contributed by atoms with Crippen molar-refractivity contribution in [2.24, 2.45) is 0 Å². The number of rotatable bonds is 7. The van der Waals surface area contributed by atoms with Gasteiger partial charge in [0.1, 0.15) is 11.4 Å². The van der Waals surface area contributed by atoms with Crippen molar-refractivity contribution in [3.05, 3.63) is 52.3 Å². The highest BCUT2D eigenvalue weighted by Crippen LogP contribution is 2.19. The van der Waals surface area contributed by atoms with Crippen molar-refractivity contribution in [2.45, 2.75) is 40.3 Å². The van der Waals surface area contributed by atoms with E-state index in [1.54, 1.807) is 33.1 Å². The Bertz CT molecular complexity index is 852. The molecule has 0 bridgehead atoms. The highest BCUT2D eigenvalue weighted by atomic mass is 16.5. The van der Waals surface area contributed by atoms with Crippen LogP contribution in [0.15, 0.2) is 24.3 Å². The zero-order valence-corrected chi connectivity index (χ0v) is 16.1. The third kappa shape index (κ3) is 4.75. The van der Waals surface area contributed by atoms with Crippen LogP contribution in [0.1, 0.15) is 51.5 Å². The fourth-order valence-electron chi connectivity index (χ4n) is 2.83. The maximum Gasteiger partial charge on any atom is 0.355 e. The van der Waals surface area contributed by atoms with Gasteiger partial charge in [0.25, 0.3) is 5.91 Å². The van der Waals surface area contributed by atoms with Crippen LogP contribution in [0.2, 0.25) is 0 Å². The summed E-state index contributed by atoms with van der Waals surface area (Å²) < 4.78 is 10.3. The maximum atomic E-state index is 12.4. The molecule has 0 aliphatic carbocycles. The van der Waals surface area contributed by atoms with Crippen molar-refractivity contribution in [1.29, 1.82) is 0 Å². The summed E-state index contributed by atoms with van der Waals surface area (Å²) in [6.07, 6.45) is -0.973. The molecule has 27 heavy (non-hydrogen) atoms. The Balaban J connectivity index is 1.96. The Hall–Kier alpha value is -3.09. The summed E-state index contributed by atoms with van der Waals surface area (Å²) in [5.74, 6) is -0.485. The molecular formula is C20H24N2O5. The van der Waals surface area contributed by atoms with Crippen molar-refractivity contribution in [2.75, 3.05) is 7.11 Å². The number of methoxy groups -OCH3 is 1. The average molecular weight is 372 g/mol. The molecule has 0 unspecified atom stereocenters. The number of carbonyl (C=O) groups excluding carboxylic acids is 3. The molecule has 0 fully saturated rings. The van der Waals surface area contributed by atoms with E-state index in [1.165, 1.54) is 13.8 Å². The lowest BCUT2D eigenvalue weighted by Gasteiger charge is -2.13. The number of hydrogen-bond donors (Lipinski definition) is 2.